The first-order valence-corrected chi connectivity index (χ1v) is 5.46. The first-order valence-electron chi connectivity index (χ1n) is 5.46. The van der Waals surface area contributed by atoms with Crippen molar-refractivity contribution in [2.24, 2.45) is 11.1 Å². The van der Waals surface area contributed by atoms with Gasteiger partial charge in [0, 0.05) is 0 Å². The van der Waals surface area contributed by atoms with Gasteiger partial charge in [0.2, 0.25) is 0 Å². The Bertz CT molecular complexity index is 392. The summed E-state index contributed by atoms with van der Waals surface area (Å²) in [6.45, 7) is 4.33. The van der Waals surface area contributed by atoms with Gasteiger partial charge in [-0.05, 0) is 24.0 Å². The van der Waals surface area contributed by atoms with Gasteiger partial charge in [0.15, 0.2) is 0 Å². The largest absolute Gasteiger partial charge is 0.496 e. The van der Waals surface area contributed by atoms with Crippen LogP contribution in [-0.4, -0.2) is 14.2 Å². The van der Waals surface area contributed by atoms with Crippen molar-refractivity contribution >= 4 is 0 Å². The van der Waals surface area contributed by atoms with Gasteiger partial charge in [-0.1, -0.05) is 19.9 Å². The highest BCUT2D eigenvalue weighted by Crippen LogP contribution is 2.63. The molecule has 1 saturated carbocycles. The van der Waals surface area contributed by atoms with Gasteiger partial charge in [0.1, 0.15) is 11.5 Å². The van der Waals surface area contributed by atoms with E-state index >= 15 is 0 Å². The van der Waals surface area contributed by atoms with E-state index in [1.54, 1.807) is 14.2 Å². The topological polar surface area (TPSA) is 44.5 Å². The Morgan fingerprint density at radius 1 is 1.12 bits per heavy atom. The summed E-state index contributed by atoms with van der Waals surface area (Å²) in [6, 6.07) is 5.78. The van der Waals surface area contributed by atoms with Crippen molar-refractivity contribution in [2.75, 3.05) is 14.2 Å². The zero-order chi connectivity index (χ0) is 12.0. The van der Waals surface area contributed by atoms with Crippen molar-refractivity contribution in [1.29, 1.82) is 0 Å². The maximum atomic E-state index is 6.44. The summed E-state index contributed by atoms with van der Waals surface area (Å²) in [6.07, 6.45) is 0.955. The van der Waals surface area contributed by atoms with Gasteiger partial charge in [0.05, 0.1) is 25.3 Å². The van der Waals surface area contributed by atoms with E-state index in [0.717, 1.165) is 23.5 Å². The quantitative estimate of drug-likeness (QED) is 0.851. The minimum Gasteiger partial charge on any atom is -0.496 e. The fourth-order valence-electron chi connectivity index (χ4n) is 2.37. The number of hydrogen-bond donors (Lipinski definition) is 1. The molecule has 0 aromatic heterocycles. The molecule has 1 unspecified atom stereocenters. The molecule has 1 aromatic rings. The lowest BCUT2D eigenvalue weighted by molar-refractivity contribution is 0.366. The first-order chi connectivity index (χ1) is 7.46. The molecule has 3 heteroatoms. The van der Waals surface area contributed by atoms with Gasteiger partial charge in [-0.25, -0.2) is 0 Å². The molecule has 0 amide bonds. The zero-order valence-corrected chi connectivity index (χ0v) is 10.3. The molecular formula is C13H19NO2. The summed E-state index contributed by atoms with van der Waals surface area (Å²) in [5.74, 6) is 1.62. The van der Waals surface area contributed by atoms with Crippen LogP contribution in [0.4, 0.5) is 0 Å². The van der Waals surface area contributed by atoms with E-state index in [4.69, 9.17) is 15.2 Å². The number of methoxy groups -OCH3 is 2. The highest BCUT2D eigenvalue weighted by atomic mass is 16.5. The van der Waals surface area contributed by atoms with Gasteiger partial charge in [-0.3, -0.25) is 0 Å². The fourth-order valence-corrected chi connectivity index (χ4v) is 2.37. The summed E-state index contributed by atoms with van der Waals surface area (Å²) in [5, 5.41) is 0. The van der Waals surface area contributed by atoms with Gasteiger partial charge >= 0.3 is 0 Å². The van der Waals surface area contributed by atoms with E-state index in [1.165, 1.54) is 0 Å². The van der Waals surface area contributed by atoms with Crippen LogP contribution in [-0.2, 0) is 5.54 Å². The summed E-state index contributed by atoms with van der Waals surface area (Å²) >= 11 is 0. The van der Waals surface area contributed by atoms with Crippen molar-refractivity contribution in [2.45, 2.75) is 25.8 Å². The second kappa shape index (κ2) is 3.39. The fraction of sp³-hybridized carbons (Fsp3) is 0.538. The Labute approximate surface area is 96.5 Å². The van der Waals surface area contributed by atoms with Gasteiger partial charge in [-0.2, -0.15) is 0 Å². The smallest absolute Gasteiger partial charge is 0.127 e. The molecule has 2 rings (SSSR count). The van der Waals surface area contributed by atoms with Crippen LogP contribution >= 0.6 is 0 Å². The molecule has 0 radical (unpaired) electrons. The van der Waals surface area contributed by atoms with Crippen molar-refractivity contribution < 1.29 is 9.47 Å². The van der Waals surface area contributed by atoms with Gasteiger partial charge < -0.3 is 15.2 Å². The lowest BCUT2D eigenvalue weighted by Gasteiger charge is -2.21. The molecule has 0 heterocycles. The van der Waals surface area contributed by atoms with Crippen molar-refractivity contribution in [1.82, 2.24) is 0 Å². The third kappa shape index (κ3) is 1.39. The Kier molecular flexibility index (Phi) is 2.39. The number of rotatable bonds is 3. The second-order valence-electron chi connectivity index (χ2n) is 5.07. The van der Waals surface area contributed by atoms with Crippen LogP contribution in [0.25, 0.3) is 0 Å². The molecule has 3 nitrogen and oxygen atoms in total. The summed E-state index contributed by atoms with van der Waals surface area (Å²) < 4.78 is 10.8. The van der Waals surface area contributed by atoms with E-state index in [1.807, 2.05) is 18.2 Å². The lowest BCUT2D eigenvalue weighted by Crippen LogP contribution is -2.26. The Morgan fingerprint density at radius 2 is 1.56 bits per heavy atom. The number of ether oxygens (including phenoxy) is 2. The van der Waals surface area contributed by atoms with E-state index in [0.29, 0.717) is 0 Å². The average Bonchev–Trinajstić information content (AvgIpc) is 2.77. The maximum Gasteiger partial charge on any atom is 0.127 e. The molecule has 0 spiro atoms. The summed E-state index contributed by atoms with van der Waals surface area (Å²) in [7, 11) is 3.33. The SMILES string of the molecule is COc1cccc(OC)c1C1(N)CC1(C)C. The van der Waals surface area contributed by atoms with Crippen LogP contribution in [0.3, 0.4) is 0 Å². The van der Waals surface area contributed by atoms with Crippen molar-refractivity contribution in [3.8, 4) is 11.5 Å². The molecular weight excluding hydrogens is 202 g/mol. The molecule has 2 N–H and O–H groups in total. The Hall–Kier alpha value is -1.22. The van der Waals surface area contributed by atoms with E-state index in [2.05, 4.69) is 13.8 Å². The van der Waals surface area contributed by atoms with E-state index in [9.17, 15) is 0 Å². The van der Waals surface area contributed by atoms with Crippen LogP contribution < -0.4 is 15.2 Å². The Balaban J connectivity index is 2.55. The third-order valence-corrected chi connectivity index (χ3v) is 3.68. The van der Waals surface area contributed by atoms with Crippen molar-refractivity contribution in [3.63, 3.8) is 0 Å². The molecule has 1 aliphatic carbocycles. The average molecular weight is 221 g/mol. The minimum absolute atomic E-state index is 0.106. The van der Waals surface area contributed by atoms with Crippen LogP contribution in [0.2, 0.25) is 0 Å². The molecule has 0 bridgehead atoms. The minimum atomic E-state index is -0.328. The lowest BCUT2D eigenvalue weighted by atomic mass is 9.95. The van der Waals surface area contributed by atoms with E-state index in [-0.39, 0.29) is 11.0 Å². The molecule has 88 valence electrons. The highest BCUT2D eigenvalue weighted by Gasteiger charge is 2.61. The van der Waals surface area contributed by atoms with Crippen LogP contribution in [0.1, 0.15) is 25.8 Å². The molecule has 1 aliphatic rings. The third-order valence-electron chi connectivity index (χ3n) is 3.68. The highest BCUT2D eigenvalue weighted by molar-refractivity contribution is 5.53. The van der Waals surface area contributed by atoms with Crippen LogP contribution in [0.15, 0.2) is 18.2 Å². The maximum absolute atomic E-state index is 6.44. The molecule has 16 heavy (non-hydrogen) atoms. The standard InChI is InChI=1S/C13H19NO2/c1-12(2)8-13(12,14)11-9(15-3)6-5-7-10(11)16-4/h5-7H,8,14H2,1-4H3. The van der Waals surface area contributed by atoms with Gasteiger partial charge in [0.25, 0.3) is 0 Å². The summed E-state index contributed by atoms with van der Waals surface area (Å²) in [4.78, 5) is 0. The van der Waals surface area contributed by atoms with Crippen LogP contribution in [0.5, 0.6) is 11.5 Å². The number of hydrogen-bond acceptors (Lipinski definition) is 3. The first kappa shape index (κ1) is 11.3. The monoisotopic (exact) mass is 221 g/mol. The zero-order valence-electron chi connectivity index (χ0n) is 10.3. The predicted octanol–water partition coefficient (Wildman–Crippen LogP) is 2.29. The van der Waals surface area contributed by atoms with Gasteiger partial charge in [-0.15, -0.1) is 0 Å². The van der Waals surface area contributed by atoms with Crippen LogP contribution in [0, 0.1) is 5.41 Å². The molecule has 1 atom stereocenters. The molecule has 0 aliphatic heterocycles. The number of nitrogens with two attached hydrogens (primary N) is 1. The molecule has 1 aromatic carbocycles. The van der Waals surface area contributed by atoms with E-state index < -0.39 is 0 Å². The molecule has 1 fully saturated rings. The normalized spacial score (nSPS) is 26.3. The number of benzene rings is 1. The predicted molar refractivity (Wildman–Crippen MR) is 63.8 cm³/mol. The summed E-state index contributed by atoms with van der Waals surface area (Å²) in [5.41, 5.74) is 7.21. The van der Waals surface area contributed by atoms with Crippen molar-refractivity contribution in [3.05, 3.63) is 23.8 Å². The Morgan fingerprint density at radius 3 is 1.88 bits per heavy atom. The molecule has 0 saturated heterocycles. The second-order valence-corrected chi connectivity index (χ2v) is 5.07.